The van der Waals surface area contributed by atoms with Crippen LogP contribution in [0.1, 0.15) is 5.56 Å². The lowest BCUT2D eigenvalue weighted by atomic mass is 10.0. The van der Waals surface area contributed by atoms with Crippen LogP contribution in [-0.2, 0) is 15.5 Å². The molecule has 1 unspecified atom stereocenters. The number of alkyl halides is 2. The molecule has 0 aliphatic carbocycles. The van der Waals surface area contributed by atoms with E-state index in [1.54, 1.807) is 0 Å². The van der Waals surface area contributed by atoms with E-state index >= 15 is 0 Å². The van der Waals surface area contributed by atoms with Gasteiger partial charge in [-0.05, 0) is 28.1 Å². The molecule has 1 N–H and O–H groups in total. The third-order valence-electron chi connectivity index (χ3n) is 2.30. The van der Waals surface area contributed by atoms with Crippen molar-refractivity contribution in [1.29, 1.82) is 0 Å². The first-order valence-electron chi connectivity index (χ1n) is 4.82. The van der Waals surface area contributed by atoms with Crippen LogP contribution in [0, 0.1) is 0 Å². The van der Waals surface area contributed by atoms with Crippen molar-refractivity contribution < 1.29 is 28.2 Å². The quantitative estimate of drug-likeness (QED) is 0.862. The minimum absolute atomic E-state index is 0.171. The molecule has 100 valence electrons. The molecule has 18 heavy (non-hydrogen) atoms. The Labute approximate surface area is 111 Å². The summed E-state index contributed by atoms with van der Waals surface area (Å²) >= 11 is 3.11. The van der Waals surface area contributed by atoms with E-state index in [0.717, 1.165) is 19.2 Å². The minimum atomic E-state index is -3.76. The van der Waals surface area contributed by atoms with Crippen molar-refractivity contribution in [2.75, 3.05) is 14.2 Å². The van der Waals surface area contributed by atoms with Gasteiger partial charge in [0.1, 0.15) is 5.75 Å². The average molecular weight is 325 g/mol. The number of benzene rings is 1. The Hall–Kier alpha value is -1.21. The van der Waals surface area contributed by atoms with Crippen molar-refractivity contribution in [2.24, 2.45) is 0 Å². The standard InChI is InChI=1S/C11H11BrF2O4/c1-17-8-5-6(3-4-7(8)12)11(13,14)9(15)10(16)18-2/h3-5,9,15H,1-2H3. The highest BCUT2D eigenvalue weighted by Crippen LogP contribution is 2.36. The molecule has 0 radical (unpaired) electrons. The maximum absolute atomic E-state index is 13.8. The van der Waals surface area contributed by atoms with Crippen LogP contribution in [0.3, 0.4) is 0 Å². The van der Waals surface area contributed by atoms with E-state index in [0.29, 0.717) is 4.47 Å². The van der Waals surface area contributed by atoms with Crippen LogP contribution < -0.4 is 4.74 Å². The summed E-state index contributed by atoms with van der Waals surface area (Å²) in [5.74, 6) is -4.99. The number of carbonyl (C=O) groups is 1. The molecule has 0 saturated heterocycles. The van der Waals surface area contributed by atoms with Gasteiger partial charge in [-0.2, -0.15) is 8.78 Å². The van der Waals surface area contributed by atoms with Gasteiger partial charge >= 0.3 is 11.9 Å². The van der Waals surface area contributed by atoms with Crippen LogP contribution in [0.5, 0.6) is 5.75 Å². The highest BCUT2D eigenvalue weighted by molar-refractivity contribution is 9.10. The number of ether oxygens (including phenoxy) is 2. The molecule has 7 heteroatoms. The second kappa shape index (κ2) is 5.62. The fourth-order valence-electron chi connectivity index (χ4n) is 1.28. The summed E-state index contributed by atoms with van der Waals surface area (Å²) < 4.78 is 37.1. The van der Waals surface area contributed by atoms with Crippen molar-refractivity contribution in [2.45, 2.75) is 12.0 Å². The second-order valence-corrected chi connectivity index (χ2v) is 4.25. The summed E-state index contributed by atoms with van der Waals surface area (Å²) in [5.41, 5.74) is -0.541. The molecule has 0 aliphatic rings. The van der Waals surface area contributed by atoms with Gasteiger partial charge in [-0.1, -0.05) is 6.07 Å². The van der Waals surface area contributed by atoms with Crippen LogP contribution in [0.15, 0.2) is 22.7 Å². The third-order valence-corrected chi connectivity index (χ3v) is 2.96. The minimum Gasteiger partial charge on any atom is -0.496 e. The van der Waals surface area contributed by atoms with Crippen molar-refractivity contribution in [1.82, 2.24) is 0 Å². The Bertz CT molecular complexity index is 451. The second-order valence-electron chi connectivity index (χ2n) is 3.40. The van der Waals surface area contributed by atoms with Gasteiger partial charge in [-0.25, -0.2) is 4.79 Å². The van der Waals surface area contributed by atoms with E-state index in [-0.39, 0.29) is 5.75 Å². The van der Waals surface area contributed by atoms with Gasteiger partial charge in [0.25, 0.3) is 0 Å². The Morgan fingerprint density at radius 1 is 1.44 bits per heavy atom. The smallest absolute Gasteiger partial charge is 0.341 e. The molecule has 0 amide bonds. The molecule has 1 aromatic rings. The van der Waals surface area contributed by atoms with Crippen molar-refractivity contribution in [3.05, 3.63) is 28.2 Å². The molecular weight excluding hydrogens is 314 g/mol. The third kappa shape index (κ3) is 2.78. The number of esters is 1. The maximum atomic E-state index is 13.8. The summed E-state index contributed by atoms with van der Waals surface area (Å²) in [6, 6.07) is 3.46. The molecule has 1 aromatic carbocycles. The van der Waals surface area contributed by atoms with E-state index in [1.165, 1.54) is 13.2 Å². The maximum Gasteiger partial charge on any atom is 0.341 e. The highest BCUT2D eigenvalue weighted by Gasteiger charge is 2.46. The SMILES string of the molecule is COC(=O)C(O)C(F)(F)c1ccc(Br)c(OC)c1. The van der Waals surface area contributed by atoms with E-state index in [4.69, 9.17) is 4.74 Å². The Kier molecular flexibility index (Phi) is 4.64. The lowest BCUT2D eigenvalue weighted by Gasteiger charge is -2.21. The van der Waals surface area contributed by atoms with Gasteiger partial charge in [0.15, 0.2) is 0 Å². The number of carbonyl (C=O) groups excluding carboxylic acids is 1. The highest BCUT2D eigenvalue weighted by atomic mass is 79.9. The molecule has 0 heterocycles. The molecule has 0 spiro atoms. The van der Waals surface area contributed by atoms with Gasteiger partial charge in [-0.3, -0.25) is 0 Å². The van der Waals surface area contributed by atoms with Crippen molar-refractivity contribution >= 4 is 21.9 Å². The topological polar surface area (TPSA) is 55.8 Å². The van der Waals surface area contributed by atoms with Crippen LogP contribution in [0.2, 0.25) is 0 Å². The predicted octanol–water partition coefficient (Wildman–Crippen LogP) is 2.08. The van der Waals surface area contributed by atoms with E-state index in [9.17, 15) is 18.7 Å². The number of hydrogen-bond donors (Lipinski definition) is 1. The lowest BCUT2D eigenvalue weighted by Crippen LogP contribution is -2.38. The molecule has 1 atom stereocenters. The van der Waals surface area contributed by atoms with Crippen molar-refractivity contribution in [3.8, 4) is 5.75 Å². The molecular formula is C11H11BrF2O4. The lowest BCUT2D eigenvalue weighted by molar-refractivity contribution is -0.176. The monoisotopic (exact) mass is 324 g/mol. The first kappa shape index (κ1) is 14.8. The molecule has 0 fully saturated rings. The Morgan fingerprint density at radius 3 is 2.56 bits per heavy atom. The number of aliphatic hydroxyl groups is 1. The van der Waals surface area contributed by atoms with Gasteiger partial charge in [-0.15, -0.1) is 0 Å². The first-order chi connectivity index (χ1) is 8.34. The Morgan fingerprint density at radius 2 is 2.06 bits per heavy atom. The molecule has 4 nitrogen and oxygen atoms in total. The normalized spacial score (nSPS) is 13.0. The van der Waals surface area contributed by atoms with E-state index < -0.39 is 23.6 Å². The molecule has 0 bridgehead atoms. The summed E-state index contributed by atoms with van der Waals surface area (Å²) in [5, 5.41) is 9.25. The van der Waals surface area contributed by atoms with Crippen LogP contribution in [-0.4, -0.2) is 31.4 Å². The number of methoxy groups -OCH3 is 2. The number of rotatable bonds is 4. The summed E-state index contributed by atoms with van der Waals surface area (Å²) in [4.78, 5) is 11.0. The zero-order chi connectivity index (χ0) is 13.9. The van der Waals surface area contributed by atoms with Crippen LogP contribution in [0.4, 0.5) is 8.78 Å². The van der Waals surface area contributed by atoms with Crippen LogP contribution in [0.25, 0.3) is 0 Å². The largest absolute Gasteiger partial charge is 0.496 e. The zero-order valence-corrected chi connectivity index (χ0v) is 11.2. The van der Waals surface area contributed by atoms with E-state index in [2.05, 4.69) is 20.7 Å². The van der Waals surface area contributed by atoms with Gasteiger partial charge in [0.05, 0.1) is 18.7 Å². The molecule has 0 aliphatic heterocycles. The average Bonchev–Trinajstić information content (AvgIpc) is 2.37. The van der Waals surface area contributed by atoms with Gasteiger partial charge in [0, 0.05) is 5.56 Å². The number of aliphatic hydroxyl groups excluding tert-OH is 1. The predicted molar refractivity (Wildman–Crippen MR) is 62.6 cm³/mol. The summed E-state index contributed by atoms with van der Waals surface area (Å²) in [6.45, 7) is 0. The zero-order valence-electron chi connectivity index (χ0n) is 9.62. The molecule has 0 aromatic heterocycles. The fraction of sp³-hybridized carbons (Fsp3) is 0.364. The number of halogens is 3. The van der Waals surface area contributed by atoms with Gasteiger partial charge in [0.2, 0.25) is 6.10 Å². The van der Waals surface area contributed by atoms with E-state index in [1.807, 2.05) is 0 Å². The summed E-state index contributed by atoms with van der Waals surface area (Å²) in [7, 11) is 2.24. The van der Waals surface area contributed by atoms with Crippen LogP contribution >= 0.6 is 15.9 Å². The molecule has 1 rings (SSSR count). The fourth-order valence-corrected chi connectivity index (χ4v) is 1.69. The first-order valence-corrected chi connectivity index (χ1v) is 5.61. The van der Waals surface area contributed by atoms with Gasteiger partial charge < -0.3 is 14.6 Å². The van der Waals surface area contributed by atoms with Crippen molar-refractivity contribution in [3.63, 3.8) is 0 Å². The molecule has 0 saturated carbocycles. The number of hydrogen-bond acceptors (Lipinski definition) is 4. The summed E-state index contributed by atoms with van der Waals surface area (Å²) in [6.07, 6.45) is -2.56. The Balaban J connectivity index is 3.15.